The SMILES string of the molecule is C#C[C@@]1(OC(=O)C2=CN(C)C=CC2)CC[C@H]2[C@@H]3CCC4=CC(=O)CC[C@@H]4[C@H]3CC[C@@]21C. The molecule has 5 rings (SSSR count). The molecule has 3 fully saturated rings. The average molecular weight is 420 g/mol. The van der Waals surface area contributed by atoms with Crippen LogP contribution < -0.4 is 0 Å². The van der Waals surface area contributed by atoms with Crippen molar-refractivity contribution in [2.45, 2.75) is 70.3 Å². The molecule has 4 aliphatic carbocycles. The molecule has 0 saturated heterocycles. The van der Waals surface area contributed by atoms with Crippen molar-refractivity contribution in [3.05, 3.63) is 35.7 Å². The van der Waals surface area contributed by atoms with Crippen LogP contribution in [0.2, 0.25) is 0 Å². The quantitative estimate of drug-likeness (QED) is 0.478. The van der Waals surface area contributed by atoms with Gasteiger partial charge in [-0.05, 0) is 80.9 Å². The van der Waals surface area contributed by atoms with Crippen LogP contribution in [0.3, 0.4) is 0 Å². The summed E-state index contributed by atoms with van der Waals surface area (Å²) >= 11 is 0. The van der Waals surface area contributed by atoms with Crippen LogP contribution in [0.5, 0.6) is 0 Å². The van der Waals surface area contributed by atoms with Crippen molar-refractivity contribution >= 4 is 11.8 Å². The maximum atomic E-state index is 13.1. The third-order valence-corrected chi connectivity index (χ3v) is 9.22. The molecule has 0 N–H and O–H groups in total. The van der Waals surface area contributed by atoms with E-state index in [0.29, 0.717) is 47.9 Å². The van der Waals surface area contributed by atoms with E-state index in [1.807, 2.05) is 36.5 Å². The number of carbonyl (C=O) groups is 2. The van der Waals surface area contributed by atoms with Crippen molar-refractivity contribution in [1.29, 1.82) is 0 Å². The highest BCUT2D eigenvalue weighted by Gasteiger charge is 2.64. The van der Waals surface area contributed by atoms with Crippen molar-refractivity contribution in [1.82, 2.24) is 4.90 Å². The number of esters is 1. The molecule has 0 bridgehead atoms. The topological polar surface area (TPSA) is 46.6 Å². The lowest BCUT2D eigenvalue weighted by atomic mass is 9.50. The lowest BCUT2D eigenvalue weighted by Gasteiger charge is -2.55. The fraction of sp³-hybridized carbons (Fsp3) is 0.630. The first-order valence-corrected chi connectivity index (χ1v) is 11.9. The Labute approximate surface area is 185 Å². The number of hydrogen-bond donors (Lipinski definition) is 0. The van der Waals surface area contributed by atoms with Gasteiger partial charge in [-0.3, -0.25) is 4.79 Å². The molecular formula is C27H33NO3. The maximum Gasteiger partial charge on any atom is 0.337 e. The van der Waals surface area contributed by atoms with Crippen LogP contribution in [0.25, 0.3) is 0 Å². The minimum absolute atomic E-state index is 0.179. The largest absolute Gasteiger partial charge is 0.442 e. The van der Waals surface area contributed by atoms with Crippen LogP contribution in [0.1, 0.15) is 64.7 Å². The second-order valence-corrected chi connectivity index (χ2v) is 10.6. The second kappa shape index (κ2) is 7.40. The van der Waals surface area contributed by atoms with Crippen molar-refractivity contribution in [2.24, 2.45) is 29.1 Å². The number of ketones is 1. The van der Waals surface area contributed by atoms with E-state index in [9.17, 15) is 9.59 Å². The van der Waals surface area contributed by atoms with Gasteiger partial charge in [-0.2, -0.15) is 0 Å². The Morgan fingerprint density at radius 1 is 1.19 bits per heavy atom. The van der Waals surface area contributed by atoms with Crippen molar-refractivity contribution < 1.29 is 14.3 Å². The molecule has 1 heterocycles. The Balaban J connectivity index is 1.39. The van der Waals surface area contributed by atoms with E-state index in [0.717, 1.165) is 44.9 Å². The zero-order chi connectivity index (χ0) is 21.8. The van der Waals surface area contributed by atoms with Crippen LogP contribution in [0.4, 0.5) is 0 Å². The van der Waals surface area contributed by atoms with Crippen LogP contribution in [0, 0.1) is 41.4 Å². The van der Waals surface area contributed by atoms with E-state index in [2.05, 4.69) is 12.8 Å². The molecule has 4 nitrogen and oxygen atoms in total. The molecule has 0 aromatic heterocycles. The van der Waals surface area contributed by atoms with Crippen LogP contribution in [-0.4, -0.2) is 29.3 Å². The monoisotopic (exact) mass is 419 g/mol. The summed E-state index contributed by atoms with van der Waals surface area (Å²) in [6, 6.07) is 0. The van der Waals surface area contributed by atoms with Gasteiger partial charge in [-0.1, -0.05) is 24.5 Å². The smallest absolute Gasteiger partial charge is 0.337 e. The highest BCUT2D eigenvalue weighted by molar-refractivity contribution is 5.91. The molecule has 3 saturated carbocycles. The minimum Gasteiger partial charge on any atom is -0.442 e. The Kier molecular flexibility index (Phi) is 4.92. The lowest BCUT2D eigenvalue weighted by Crippen LogP contribution is -2.54. The molecule has 0 spiro atoms. The van der Waals surface area contributed by atoms with Crippen LogP contribution in [0.15, 0.2) is 35.7 Å². The van der Waals surface area contributed by atoms with Crippen molar-refractivity contribution in [2.75, 3.05) is 7.05 Å². The van der Waals surface area contributed by atoms with Crippen LogP contribution in [-0.2, 0) is 14.3 Å². The standard InChI is InChI=1S/C27H33NO3/c1-4-27(31-25(30)19-6-5-15-28(3)17-19)14-12-24-23-9-7-18-16-20(29)8-10-21(18)22(23)11-13-26(24,27)2/h1,5,15-17,21-24H,6-14H2,2-3H3/t21-,22+,23+,24-,26-,27+/m0/s1. The zero-order valence-electron chi connectivity index (χ0n) is 18.7. The first-order chi connectivity index (χ1) is 14.9. The molecule has 5 aliphatic rings. The molecule has 4 heteroatoms. The van der Waals surface area contributed by atoms with E-state index in [1.54, 1.807) is 0 Å². The van der Waals surface area contributed by atoms with E-state index in [-0.39, 0.29) is 11.4 Å². The number of fused-ring (bicyclic) bond motifs is 5. The van der Waals surface area contributed by atoms with E-state index >= 15 is 0 Å². The molecule has 0 radical (unpaired) electrons. The number of allylic oxidation sites excluding steroid dienone is 2. The van der Waals surface area contributed by atoms with Gasteiger partial charge in [-0.25, -0.2) is 4.79 Å². The summed E-state index contributed by atoms with van der Waals surface area (Å²) in [6.45, 7) is 2.28. The summed E-state index contributed by atoms with van der Waals surface area (Å²) in [5.41, 5.74) is 1.06. The molecule has 1 aliphatic heterocycles. The van der Waals surface area contributed by atoms with Gasteiger partial charge in [0.25, 0.3) is 0 Å². The number of rotatable bonds is 2. The van der Waals surface area contributed by atoms with Gasteiger partial charge in [0, 0.05) is 31.5 Å². The Bertz CT molecular complexity index is 937. The number of ether oxygens (including phenoxy) is 1. The number of terminal acetylenes is 1. The second-order valence-electron chi connectivity index (χ2n) is 10.6. The van der Waals surface area contributed by atoms with Gasteiger partial charge in [0.05, 0.1) is 5.57 Å². The van der Waals surface area contributed by atoms with Crippen molar-refractivity contribution in [3.63, 3.8) is 0 Å². The molecular weight excluding hydrogens is 386 g/mol. The molecule has 0 aromatic rings. The molecule has 0 unspecified atom stereocenters. The summed E-state index contributed by atoms with van der Waals surface area (Å²) in [4.78, 5) is 26.9. The van der Waals surface area contributed by atoms with Gasteiger partial charge in [-0.15, -0.1) is 6.42 Å². The fourth-order valence-electron chi connectivity index (χ4n) is 7.66. The first kappa shape index (κ1) is 20.6. The predicted octanol–water partition coefficient (Wildman–Crippen LogP) is 4.78. The molecule has 164 valence electrons. The average Bonchev–Trinajstić information content (AvgIpc) is 3.06. The van der Waals surface area contributed by atoms with Gasteiger partial charge in [0.2, 0.25) is 0 Å². The van der Waals surface area contributed by atoms with Crippen LogP contribution >= 0.6 is 0 Å². The van der Waals surface area contributed by atoms with E-state index in [1.165, 1.54) is 5.57 Å². The summed E-state index contributed by atoms with van der Waals surface area (Å²) in [5.74, 6) is 5.36. The third kappa shape index (κ3) is 3.12. The molecule has 6 atom stereocenters. The van der Waals surface area contributed by atoms with Gasteiger partial charge >= 0.3 is 5.97 Å². The summed E-state index contributed by atoms with van der Waals surface area (Å²) in [7, 11) is 1.92. The number of hydrogen-bond acceptors (Lipinski definition) is 4. The lowest BCUT2D eigenvalue weighted by molar-refractivity contribution is -0.165. The van der Waals surface area contributed by atoms with Gasteiger partial charge in [0.1, 0.15) is 0 Å². The molecule has 0 amide bonds. The summed E-state index contributed by atoms with van der Waals surface area (Å²) < 4.78 is 6.25. The summed E-state index contributed by atoms with van der Waals surface area (Å²) in [6.07, 6.45) is 22.2. The Hall–Kier alpha value is -2.28. The highest BCUT2D eigenvalue weighted by Crippen LogP contribution is 2.65. The molecule has 31 heavy (non-hydrogen) atoms. The van der Waals surface area contributed by atoms with E-state index in [4.69, 9.17) is 11.2 Å². The third-order valence-electron chi connectivity index (χ3n) is 9.22. The fourth-order valence-corrected chi connectivity index (χ4v) is 7.66. The zero-order valence-corrected chi connectivity index (χ0v) is 18.7. The summed E-state index contributed by atoms with van der Waals surface area (Å²) in [5, 5.41) is 0. The Morgan fingerprint density at radius 3 is 2.81 bits per heavy atom. The number of carbonyl (C=O) groups excluding carboxylic acids is 2. The molecule has 0 aromatic carbocycles. The van der Waals surface area contributed by atoms with E-state index < -0.39 is 5.60 Å². The van der Waals surface area contributed by atoms with Gasteiger partial charge in [0.15, 0.2) is 11.4 Å². The first-order valence-electron chi connectivity index (χ1n) is 11.9. The maximum absolute atomic E-state index is 13.1. The minimum atomic E-state index is -0.820. The Morgan fingerprint density at radius 2 is 2.03 bits per heavy atom. The van der Waals surface area contributed by atoms with Crippen molar-refractivity contribution in [3.8, 4) is 12.3 Å². The highest BCUT2D eigenvalue weighted by atomic mass is 16.6. The predicted molar refractivity (Wildman–Crippen MR) is 119 cm³/mol. The van der Waals surface area contributed by atoms with Gasteiger partial charge < -0.3 is 9.64 Å². The number of nitrogens with zero attached hydrogens (tertiary/aromatic N) is 1. The normalized spacial score (nSPS) is 41.3.